The van der Waals surface area contributed by atoms with Crippen LogP contribution in [-0.2, 0) is 0 Å². The highest BCUT2D eigenvalue weighted by Crippen LogP contribution is 2.26. The Morgan fingerprint density at radius 2 is 1.68 bits per heavy atom. The number of piperidine rings is 1. The summed E-state index contributed by atoms with van der Waals surface area (Å²) in [6, 6.07) is 10.8. The van der Waals surface area contributed by atoms with Gasteiger partial charge in [0, 0.05) is 29.5 Å². The van der Waals surface area contributed by atoms with Gasteiger partial charge in [0.25, 0.3) is 0 Å². The molecule has 0 aromatic heterocycles. The van der Waals surface area contributed by atoms with Gasteiger partial charge in [-0.1, -0.05) is 11.6 Å². The number of benzene rings is 2. The number of carbonyl (C=O) groups excluding carboxylic acids is 1. The first kappa shape index (κ1) is 17.5. The molecule has 0 radical (unpaired) electrons. The number of urea groups is 1. The molecule has 0 saturated carbocycles. The van der Waals surface area contributed by atoms with E-state index < -0.39 is 11.8 Å². The third kappa shape index (κ3) is 4.61. The first-order valence-corrected chi connectivity index (χ1v) is 8.45. The van der Waals surface area contributed by atoms with Gasteiger partial charge in [-0.15, -0.1) is 0 Å². The van der Waals surface area contributed by atoms with Crippen LogP contribution in [0.4, 0.5) is 26.2 Å². The van der Waals surface area contributed by atoms with Crippen molar-refractivity contribution in [1.29, 1.82) is 0 Å². The zero-order chi connectivity index (χ0) is 17.8. The summed E-state index contributed by atoms with van der Waals surface area (Å²) in [6.07, 6.45) is 0.947. The highest BCUT2D eigenvalue weighted by Gasteiger charge is 2.19. The number of aliphatic hydroxyl groups excluding tert-OH is 1. The largest absolute Gasteiger partial charge is 0.393 e. The molecule has 0 aliphatic carbocycles. The van der Waals surface area contributed by atoms with Crippen molar-refractivity contribution < 1.29 is 14.3 Å². The lowest BCUT2D eigenvalue weighted by Crippen LogP contribution is -2.36. The fourth-order valence-electron chi connectivity index (χ4n) is 2.77. The van der Waals surface area contributed by atoms with Gasteiger partial charge in [0.1, 0.15) is 5.82 Å². The zero-order valence-electron chi connectivity index (χ0n) is 13.5. The Bertz CT molecular complexity index is 746. The van der Waals surface area contributed by atoms with Crippen LogP contribution in [0, 0.1) is 5.82 Å². The number of nitrogens with zero attached hydrogens (tertiary/aromatic N) is 1. The standard InChI is InChI=1S/C18H19ClFN3O2/c19-12-1-3-13(4-2-12)21-18(25)22-14-5-6-17(16(20)11-14)23-9-7-15(24)8-10-23/h1-6,11,15,24H,7-10H2,(H2,21,22,25). The van der Waals surface area contributed by atoms with Gasteiger partial charge in [0.05, 0.1) is 11.8 Å². The summed E-state index contributed by atoms with van der Waals surface area (Å²) in [7, 11) is 0. The molecule has 0 bridgehead atoms. The third-order valence-corrected chi connectivity index (χ3v) is 4.36. The number of rotatable bonds is 3. The van der Waals surface area contributed by atoms with Crippen molar-refractivity contribution in [2.24, 2.45) is 0 Å². The predicted molar refractivity (Wildman–Crippen MR) is 97.9 cm³/mol. The second-order valence-electron chi connectivity index (χ2n) is 5.97. The van der Waals surface area contributed by atoms with Gasteiger partial charge in [-0.25, -0.2) is 9.18 Å². The van der Waals surface area contributed by atoms with Crippen LogP contribution in [0.1, 0.15) is 12.8 Å². The highest BCUT2D eigenvalue weighted by atomic mass is 35.5. The second kappa shape index (κ2) is 7.72. The molecular weight excluding hydrogens is 345 g/mol. The van der Waals surface area contributed by atoms with E-state index in [0.717, 1.165) is 0 Å². The Balaban J connectivity index is 1.62. The fraction of sp³-hybridized carbons (Fsp3) is 0.278. The first-order chi connectivity index (χ1) is 12.0. The van der Waals surface area contributed by atoms with Crippen LogP contribution >= 0.6 is 11.6 Å². The molecule has 1 aliphatic rings. The molecule has 0 spiro atoms. The van der Waals surface area contributed by atoms with Gasteiger partial charge in [-0.3, -0.25) is 0 Å². The monoisotopic (exact) mass is 363 g/mol. The Kier molecular flexibility index (Phi) is 5.40. The molecule has 1 saturated heterocycles. The van der Waals surface area contributed by atoms with Crippen LogP contribution in [0.5, 0.6) is 0 Å². The number of anilines is 3. The average molecular weight is 364 g/mol. The summed E-state index contributed by atoms with van der Waals surface area (Å²) < 4.78 is 14.4. The van der Waals surface area contributed by atoms with Crippen molar-refractivity contribution in [1.82, 2.24) is 0 Å². The van der Waals surface area contributed by atoms with Crippen LogP contribution in [0.3, 0.4) is 0 Å². The lowest BCUT2D eigenvalue weighted by atomic mass is 10.1. The predicted octanol–water partition coefficient (Wildman–Crippen LogP) is 4.08. The summed E-state index contributed by atoms with van der Waals surface area (Å²) in [6.45, 7) is 1.23. The molecule has 2 aromatic rings. The van der Waals surface area contributed by atoms with Gasteiger partial charge in [0.2, 0.25) is 0 Å². The van der Waals surface area contributed by atoms with Crippen LogP contribution in [0.15, 0.2) is 42.5 Å². The van der Waals surface area contributed by atoms with E-state index in [0.29, 0.717) is 48.0 Å². The average Bonchev–Trinajstić information content (AvgIpc) is 2.58. The van der Waals surface area contributed by atoms with Crippen molar-refractivity contribution in [2.45, 2.75) is 18.9 Å². The summed E-state index contributed by atoms with van der Waals surface area (Å²) in [5.74, 6) is -0.402. The molecule has 2 amide bonds. The Morgan fingerprint density at radius 1 is 1.08 bits per heavy atom. The number of hydrogen-bond donors (Lipinski definition) is 3. The molecule has 2 aromatic carbocycles. The second-order valence-corrected chi connectivity index (χ2v) is 6.41. The van der Waals surface area contributed by atoms with Crippen molar-refractivity contribution in [3.05, 3.63) is 53.3 Å². The third-order valence-electron chi connectivity index (χ3n) is 4.11. The summed E-state index contributed by atoms with van der Waals surface area (Å²) in [5, 5.41) is 15.4. The maximum Gasteiger partial charge on any atom is 0.323 e. The van der Waals surface area contributed by atoms with E-state index >= 15 is 0 Å². The van der Waals surface area contributed by atoms with Crippen LogP contribution < -0.4 is 15.5 Å². The van der Waals surface area contributed by atoms with Gasteiger partial charge >= 0.3 is 6.03 Å². The van der Waals surface area contributed by atoms with Crippen molar-refractivity contribution in [3.63, 3.8) is 0 Å². The van der Waals surface area contributed by atoms with E-state index in [1.807, 2.05) is 4.90 Å². The van der Waals surface area contributed by atoms with Gasteiger partial charge in [-0.05, 0) is 55.3 Å². The Labute approximate surface area is 150 Å². The first-order valence-electron chi connectivity index (χ1n) is 8.07. The minimum Gasteiger partial charge on any atom is -0.393 e. The molecule has 132 valence electrons. The lowest BCUT2D eigenvalue weighted by Gasteiger charge is -2.31. The molecule has 7 heteroatoms. The maximum atomic E-state index is 14.4. The maximum absolute atomic E-state index is 14.4. The molecule has 3 N–H and O–H groups in total. The number of nitrogens with one attached hydrogen (secondary N) is 2. The molecule has 1 aliphatic heterocycles. The van der Waals surface area contributed by atoms with Gasteiger partial charge < -0.3 is 20.6 Å². The van der Waals surface area contributed by atoms with E-state index in [4.69, 9.17) is 11.6 Å². The molecule has 0 unspecified atom stereocenters. The summed E-state index contributed by atoms with van der Waals surface area (Å²) in [5.41, 5.74) is 1.44. The lowest BCUT2D eigenvalue weighted by molar-refractivity contribution is 0.145. The molecule has 25 heavy (non-hydrogen) atoms. The number of halogens is 2. The smallest absolute Gasteiger partial charge is 0.323 e. The van der Waals surface area contributed by atoms with Crippen LogP contribution in [0.2, 0.25) is 5.02 Å². The molecular formula is C18H19ClFN3O2. The van der Waals surface area contributed by atoms with Gasteiger partial charge in [0.15, 0.2) is 0 Å². The van der Waals surface area contributed by atoms with Crippen molar-refractivity contribution >= 4 is 34.7 Å². The van der Waals surface area contributed by atoms with E-state index in [1.165, 1.54) is 6.07 Å². The number of hydrogen-bond acceptors (Lipinski definition) is 3. The van der Waals surface area contributed by atoms with E-state index in [-0.39, 0.29) is 6.10 Å². The molecule has 1 fully saturated rings. The van der Waals surface area contributed by atoms with E-state index in [2.05, 4.69) is 10.6 Å². The minimum absolute atomic E-state index is 0.309. The Morgan fingerprint density at radius 3 is 2.32 bits per heavy atom. The van der Waals surface area contributed by atoms with Crippen molar-refractivity contribution in [2.75, 3.05) is 28.6 Å². The minimum atomic E-state index is -0.462. The topological polar surface area (TPSA) is 64.6 Å². The zero-order valence-corrected chi connectivity index (χ0v) is 14.3. The molecule has 1 heterocycles. The van der Waals surface area contributed by atoms with Crippen molar-refractivity contribution in [3.8, 4) is 0 Å². The molecule has 5 nitrogen and oxygen atoms in total. The highest BCUT2D eigenvalue weighted by molar-refractivity contribution is 6.30. The number of amides is 2. The molecule has 3 rings (SSSR count). The van der Waals surface area contributed by atoms with Gasteiger partial charge in [-0.2, -0.15) is 0 Å². The molecule has 0 atom stereocenters. The normalized spacial score (nSPS) is 15.1. The SMILES string of the molecule is O=C(Nc1ccc(Cl)cc1)Nc1ccc(N2CCC(O)CC2)c(F)c1. The summed E-state index contributed by atoms with van der Waals surface area (Å²) in [4.78, 5) is 13.9. The number of aliphatic hydroxyl groups is 1. The fourth-order valence-corrected chi connectivity index (χ4v) is 2.90. The van der Waals surface area contributed by atoms with E-state index in [1.54, 1.807) is 36.4 Å². The van der Waals surface area contributed by atoms with Crippen LogP contribution in [-0.4, -0.2) is 30.3 Å². The Hall–Kier alpha value is -2.31. The van der Waals surface area contributed by atoms with E-state index in [9.17, 15) is 14.3 Å². The number of carbonyl (C=O) groups is 1. The quantitative estimate of drug-likeness (QED) is 0.769. The van der Waals surface area contributed by atoms with Crippen LogP contribution in [0.25, 0.3) is 0 Å². The summed E-state index contributed by atoms with van der Waals surface area (Å²) >= 11 is 5.79.